The van der Waals surface area contributed by atoms with E-state index in [9.17, 15) is 4.79 Å². The van der Waals surface area contributed by atoms with Crippen molar-refractivity contribution in [3.8, 4) is 0 Å². The Labute approximate surface area is 158 Å². The molecule has 0 spiro atoms. The summed E-state index contributed by atoms with van der Waals surface area (Å²) in [6.07, 6.45) is 5.29. The summed E-state index contributed by atoms with van der Waals surface area (Å²) in [6, 6.07) is 17.7. The third-order valence-electron chi connectivity index (χ3n) is 4.27. The van der Waals surface area contributed by atoms with Gasteiger partial charge in [-0.1, -0.05) is 54.1 Å². The van der Waals surface area contributed by atoms with Crippen LogP contribution in [-0.2, 0) is 11.3 Å². The van der Waals surface area contributed by atoms with Gasteiger partial charge in [0.05, 0.1) is 18.4 Å². The molecule has 0 radical (unpaired) electrons. The van der Waals surface area contributed by atoms with Crippen molar-refractivity contribution in [3.05, 3.63) is 95.0 Å². The molecule has 3 aromatic rings. The maximum absolute atomic E-state index is 12.8. The fraction of sp³-hybridized carbons (Fsp3) is 0.190. The number of aromatic nitrogens is 2. The Morgan fingerprint density at radius 3 is 2.54 bits per heavy atom. The van der Waals surface area contributed by atoms with Crippen LogP contribution in [0.5, 0.6) is 0 Å². The van der Waals surface area contributed by atoms with E-state index in [0.717, 1.165) is 16.8 Å². The maximum Gasteiger partial charge on any atom is 0.223 e. The number of nitrogens with zero attached hydrogens (tertiary/aromatic N) is 3. The SMILES string of the molecule is CN(Cc1cnccn1)C(=O)C[C@H](c1ccccc1)c1cccc(Cl)c1. The van der Waals surface area contributed by atoms with Gasteiger partial charge in [-0.3, -0.25) is 14.8 Å². The quantitative estimate of drug-likeness (QED) is 0.653. The third-order valence-corrected chi connectivity index (χ3v) is 4.51. The third kappa shape index (κ3) is 4.67. The van der Waals surface area contributed by atoms with Gasteiger partial charge in [-0.05, 0) is 23.3 Å². The van der Waals surface area contributed by atoms with Crippen LogP contribution in [0.25, 0.3) is 0 Å². The maximum atomic E-state index is 12.8. The Morgan fingerprint density at radius 2 is 1.85 bits per heavy atom. The van der Waals surface area contributed by atoms with Crippen molar-refractivity contribution >= 4 is 17.5 Å². The highest BCUT2D eigenvalue weighted by Crippen LogP contribution is 2.30. The minimum absolute atomic E-state index is 0.0458. The van der Waals surface area contributed by atoms with Crippen LogP contribution in [0.3, 0.4) is 0 Å². The lowest BCUT2D eigenvalue weighted by molar-refractivity contribution is -0.130. The summed E-state index contributed by atoms with van der Waals surface area (Å²) in [5, 5.41) is 0.670. The molecule has 1 atom stereocenters. The smallest absolute Gasteiger partial charge is 0.223 e. The molecule has 0 saturated heterocycles. The van der Waals surface area contributed by atoms with Gasteiger partial charge in [-0.25, -0.2) is 0 Å². The Bertz CT molecular complexity index is 855. The molecule has 0 aliphatic rings. The molecule has 1 heterocycles. The number of hydrogen-bond donors (Lipinski definition) is 0. The molecule has 0 fully saturated rings. The first kappa shape index (κ1) is 18.1. The zero-order valence-corrected chi connectivity index (χ0v) is 15.3. The molecule has 0 bridgehead atoms. The monoisotopic (exact) mass is 365 g/mol. The van der Waals surface area contributed by atoms with E-state index in [1.54, 1.807) is 30.5 Å². The number of rotatable bonds is 6. The molecular weight excluding hydrogens is 346 g/mol. The fourth-order valence-corrected chi connectivity index (χ4v) is 3.11. The number of carbonyl (C=O) groups excluding carboxylic acids is 1. The van der Waals surface area contributed by atoms with Gasteiger partial charge < -0.3 is 4.90 Å². The number of carbonyl (C=O) groups is 1. The summed E-state index contributed by atoms with van der Waals surface area (Å²) in [5.74, 6) is -0.00353. The number of benzene rings is 2. The second kappa shape index (κ2) is 8.59. The molecule has 2 aromatic carbocycles. The molecule has 0 unspecified atom stereocenters. The van der Waals surface area contributed by atoms with Crippen molar-refractivity contribution < 1.29 is 4.79 Å². The lowest BCUT2D eigenvalue weighted by Gasteiger charge is -2.22. The van der Waals surface area contributed by atoms with E-state index in [2.05, 4.69) is 9.97 Å². The van der Waals surface area contributed by atoms with Crippen LogP contribution in [0.1, 0.15) is 29.2 Å². The average Bonchev–Trinajstić information content (AvgIpc) is 2.67. The lowest BCUT2D eigenvalue weighted by Crippen LogP contribution is -2.28. The predicted octanol–water partition coefficient (Wildman–Crippen LogP) is 4.31. The van der Waals surface area contributed by atoms with E-state index < -0.39 is 0 Å². The Kier molecular flexibility index (Phi) is 5.97. The van der Waals surface area contributed by atoms with Gasteiger partial charge in [-0.2, -0.15) is 0 Å². The molecule has 1 amide bonds. The highest BCUT2D eigenvalue weighted by Gasteiger charge is 2.21. The van der Waals surface area contributed by atoms with Crippen molar-refractivity contribution in [1.29, 1.82) is 0 Å². The van der Waals surface area contributed by atoms with Crippen LogP contribution in [0.2, 0.25) is 5.02 Å². The first-order chi connectivity index (χ1) is 12.6. The van der Waals surface area contributed by atoms with E-state index in [4.69, 9.17) is 11.6 Å². The van der Waals surface area contributed by atoms with E-state index in [0.29, 0.717) is 18.0 Å². The van der Waals surface area contributed by atoms with Crippen molar-refractivity contribution in [3.63, 3.8) is 0 Å². The molecule has 132 valence electrons. The minimum atomic E-state index is -0.0493. The first-order valence-electron chi connectivity index (χ1n) is 8.43. The van der Waals surface area contributed by atoms with Gasteiger partial charge >= 0.3 is 0 Å². The molecule has 1 aromatic heterocycles. The summed E-state index contributed by atoms with van der Waals surface area (Å²) in [6.45, 7) is 0.434. The highest BCUT2D eigenvalue weighted by atomic mass is 35.5. The van der Waals surface area contributed by atoms with E-state index in [1.807, 2.05) is 54.6 Å². The molecule has 0 aliphatic heterocycles. The van der Waals surface area contributed by atoms with Gasteiger partial charge in [0.1, 0.15) is 0 Å². The molecule has 26 heavy (non-hydrogen) atoms. The van der Waals surface area contributed by atoms with Crippen LogP contribution < -0.4 is 0 Å². The van der Waals surface area contributed by atoms with Crippen LogP contribution >= 0.6 is 11.6 Å². The summed E-state index contributed by atoms with van der Waals surface area (Å²) in [4.78, 5) is 22.8. The highest BCUT2D eigenvalue weighted by molar-refractivity contribution is 6.30. The minimum Gasteiger partial charge on any atom is -0.340 e. The number of halogens is 1. The second-order valence-corrected chi connectivity index (χ2v) is 6.61. The van der Waals surface area contributed by atoms with Gasteiger partial charge in [0.15, 0.2) is 0 Å². The fourth-order valence-electron chi connectivity index (χ4n) is 2.91. The zero-order valence-electron chi connectivity index (χ0n) is 14.5. The normalized spacial score (nSPS) is 11.8. The molecule has 4 nitrogen and oxygen atoms in total. The Balaban J connectivity index is 1.80. The Morgan fingerprint density at radius 1 is 1.08 bits per heavy atom. The van der Waals surface area contributed by atoms with E-state index in [-0.39, 0.29) is 11.8 Å². The largest absolute Gasteiger partial charge is 0.340 e. The number of amides is 1. The summed E-state index contributed by atoms with van der Waals surface area (Å²) in [7, 11) is 1.79. The van der Waals surface area contributed by atoms with Crippen molar-refractivity contribution in [2.45, 2.75) is 18.9 Å². The molecule has 0 N–H and O–H groups in total. The van der Waals surface area contributed by atoms with Crippen LogP contribution in [0.15, 0.2) is 73.2 Å². The average molecular weight is 366 g/mol. The van der Waals surface area contributed by atoms with Crippen LogP contribution in [0.4, 0.5) is 0 Å². The summed E-state index contributed by atoms with van der Waals surface area (Å²) >= 11 is 6.17. The van der Waals surface area contributed by atoms with E-state index in [1.165, 1.54) is 0 Å². The van der Waals surface area contributed by atoms with Crippen molar-refractivity contribution in [2.24, 2.45) is 0 Å². The molecule has 0 saturated carbocycles. The topological polar surface area (TPSA) is 46.1 Å². The van der Waals surface area contributed by atoms with Gasteiger partial charge in [0, 0.05) is 36.8 Å². The zero-order chi connectivity index (χ0) is 18.4. The Hall–Kier alpha value is -2.72. The lowest BCUT2D eigenvalue weighted by atomic mass is 9.88. The number of hydrogen-bond acceptors (Lipinski definition) is 3. The summed E-state index contributed by atoms with van der Waals surface area (Å²) in [5.41, 5.74) is 2.89. The molecule has 0 aliphatic carbocycles. The second-order valence-electron chi connectivity index (χ2n) is 6.17. The molecular formula is C21H20ClN3O. The van der Waals surface area contributed by atoms with Gasteiger partial charge in [0.25, 0.3) is 0 Å². The van der Waals surface area contributed by atoms with Crippen molar-refractivity contribution in [2.75, 3.05) is 7.05 Å². The van der Waals surface area contributed by atoms with Crippen LogP contribution in [0, 0.1) is 0 Å². The summed E-state index contributed by atoms with van der Waals surface area (Å²) < 4.78 is 0. The van der Waals surface area contributed by atoms with Gasteiger partial charge in [0.2, 0.25) is 5.91 Å². The van der Waals surface area contributed by atoms with E-state index >= 15 is 0 Å². The molecule has 3 rings (SSSR count). The standard InChI is InChI=1S/C21H20ClN3O/c1-25(15-19-14-23-10-11-24-19)21(26)13-20(16-6-3-2-4-7-16)17-8-5-9-18(22)12-17/h2-12,14,20H,13,15H2,1H3/t20-/m1/s1. The van der Waals surface area contributed by atoms with Gasteiger partial charge in [-0.15, -0.1) is 0 Å². The van der Waals surface area contributed by atoms with Crippen molar-refractivity contribution in [1.82, 2.24) is 14.9 Å². The molecule has 5 heteroatoms. The first-order valence-corrected chi connectivity index (χ1v) is 8.80. The predicted molar refractivity (Wildman–Crippen MR) is 103 cm³/mol. The van der Waals surface area contributed by atoms with Crippen LogP contribution in [-0.4, -0.2) is 27.8 Å².